The number of carbonyl (C=O) groups excluding carboxylic acids is 1. The summed E-state index contributed by atoms with van der Waals surface area (Å²) in [6.45, 7) is 2.30. The monoisotopic (exact) mass is 392 g/mol. The largest absolute Gasteiger partial charge is 0.464 e. The fourth-order valence-corrected chi connectivity index (χ4v) is 3.81. The number of halogens is 1. The van der Waals surface area contributed by atoms with Crippen LogP contribution in [0.1, 0.15) is 11.5 Å². The van der Waals surface area contributed by atoms with Gasteiger partial charge in [-0.2, -0.15) is 0 Å². The van der Waals surface area contributed by atoms with Gasteiger partial charge in [-0.3, -0.25) is 4.79 Å². The number of furan rings is 1. The molecule has 0 unspecified atom stereocenters. The number of nitrogens with one attached hydrogen (secondary N) is 1. The molecule has 0 atom stereocenters. The van der Waals surface area contributed by atoms with Crippen LogP contribution < -0.4 is 5.32 Å². The van der Waals surface area contributed by atoms with Gasteiger partial charge < -0.3 is 14.6 Å². The Kier molecular flexibility index (Phi) is 5.89. The fourth-order valence-electron chi connectivity index (χ4n) is 2.10. The summed E-state index contributed by atoms with van der Waals surface area (Å²) in [5.74, 6) is 1.53. The first kappa shape index (κ1) is 18.4. The summed E-state index contributed by atoms with van der Waals surface area (Å²) in [5.41, 5.74) is 0.726. The molecule has 0 saturated carbocycles. The topological polar surface area (TPSA) is 71.3 Å². The van der Waals surface area contributed by atoms with Crippen LogP contribution >= 0.6 is 23.1 Å². The van der Waals surface area contributed by atoms with Crippen LogP contribution in [0.25, 0.3) is 0 Å². The molecule has 0 aliphatic rings. The molecule has 26 heavy (non-hydrogen) atoms. The lowest BCUT2D eigenvalue weighted by Crippen LogP contribution is -2.27. The second kappa shape index (κ2) is 8.33. The Balaban J connectivity index is 1.49. The number of hydrogen-bond acceptors (Lipinski definition) is 7. The molecule has 0 bridgehead atoms. The molecule has 1 aromatic carbocycles. The Hall–Kier alpha value is -2.39. The Bertz CT molecular complexity index is 879. The van der Waals surface area contributed by atoms with E-state index in [1.807, 2.05) is 19.1 Å². The van der Waals surface area contributed by atoms with Crippen molar-refractivity contribution in [3.63, 3.8) is 0 Å². The van der Waals surface area contributed by atoms with Crippen molar-refractivity contribution in [2.75, 3.05) is 18.1 Å². The van der Waals surface area contributed by atoms with Gasteiger partial charge in [0.2, 0.25) is 11.0 Å². The minimum absolute atomic E-state index is 0.0210. The summed E-state index contributed by atoms with van der Waals surface area (Å²) in [5, 5.41) is 11.7. The third kappa shape index (κ3) is 5.06. The molecule has 9 heteroatoms. The van der Waals surface area contributed by atoms with Gasteiger partial charge in [-0.1, -0.05) is 23.1 Å². The van der Waals surface area contributed by atoms with Gasteiger partial charge in [0.05, 0.1) is 12.3 Å². The number of aryl methyl sites for hydroxylation is 1. The van der Waals surface area contributed by atoms with Crippen LogP contribution in [0.15, 0.2) is 45.2 Å². The van der Waals surface area contributed by atoms with Crippen molar-refractivity contribution in [1.29, 1.82) is 0 Å². The summed E-state index contributed by atoms with van der Waals surface area (Å²) >= 11 is 2.67. The van der Waals surface area contributed by atoms with E-state index >= 15 is 0 Å². The Morgan fingerprint density at radius 2 is 2.04 bits per heavy atom. The molecule has 1 N–H and O–H groups in total. The predicted molar refractivity (Wildman–Crippen MR) is 100 cm³/mol. The third-order valence-corrected chi connectivity index (χ3v) is 5.39. The van der Waals surface area contributed by atoms with E-state index in [4.69, 9.17) is 4.42 Å². The summed E-state index contributed by atoms with van der Waals surface area (Å²) in [6, 6.07) is 9.72. The molecule has 2 aromatic heterocycles. The zero-order valence-electron chi connectivity index (χ0n) is 14.2. The molecule has 0 aliphatic heterocycles. The highest BCUT2D eigenvalue weighted by Crippen LogP contribution is 2.28. The fraction of sp³-hybridized carbons (Fsp3) is 0.235. The zero-order valence-corrected chi connectivity index (χ0v) is 15.9. The number of thioether (sulfide) groups is 1. The van der Waals surface area contributed by atoms with E-state index in [1.165, 1.54) is 35.2 Å². The van der Waals surface area contributed by atoms with E-state index in [-0.39, 0.29) is 17.5 Å². The number of aromatic nitrogens is 2. The van der Waals surface area contributed by atoms with E-state index in [0.29, 0.717) is 16.0 Å². The van der Waals surface area contributed by atoms with Gasteiger partial charge in [0.1, 0.15) is 17.3 Å². The van der Waals surface area contributed by atoms with E-state index in [0.717, 1.165) is 17.2 Å². The average molecular weight is 392 g/mol. The molecule has 2 heterocycles. The normalized spacial score (nSPS) is 10.7. The third-order valence-electron chi connectivity index (χ3n) is 3.44. The van der Waals surface area contributed by atoms with Gasteiger partial charge in [-0.25, -0.2) is 4.39 Å². The summed E-state index contributed by atoms with van der Waals surface area (Å²) < 4.78 is 19.1. The van der Waals surface area contributed by atoms with Crippen LogP contribution in [0.4, 0.5) is 15.2 Å². The van der Waals surface area contributed by atoms with E-state index in [9.17, 15) is 9.18 Å². The minimum atomic E-state index is -0.295. The summed E-state index contributed by atoms with van der Waals surface area (Å²) in [7, 11) is 1.74. The molecular weight excluding hydrogens is 375 g/mol. The highest BCUT2D eigenvalue weighted by atomic mass is 32.2. The molecule has 3 rings (SSSR count). The molecule has 0 radical (unpaired) electrons. The molecule has 6 nitrogen and oxygen atoms in total. The summed E-state index contributed by atoms with van der Waals surface area (Å²) in [6.07, 6.45) is 0. The second-order valence-corrected chi connectivity index (χ2v) is 7.76. The van der Waals surface area contributed by atoms with E-state index in [1.54, 1.807) is 24.1 Å². The second-order valence-electron chi connectivity index (χ2n) is 5.56. The quantitative estimate of drug-likeness (QED) is 0.611. The van der Waals surface area contributed by atoms with Gasteiger partial charge in [0.25, 0.3) is 0 Å². The number of benzene rings is 1. The Morgan fingerprint density at radius 3 is 2.73 bits per heavy atom. The van der Waals surface area contributed by atoms with Crippen LogP contribution in [0, 0.1) is 12.7 Å². The van der Waals surface area contributed by atoms with Crippen LogP contribution in [0.5, 0.6) is 0 Å². The van der Waals surface area contributed by atoms with Crippen molar-refractivity contribution in [3.8, 4) is 0 Å². The lowest BCUT2D eigenvalue weighted by atomic mass is 10.3. The lowest BCUT2D eigenvalue weighted by molar-refractivity contribution is -0.127. The van der Waals surface area contributed by atoms with Gasteiger partial charge >= 0.3 is 0 Å². The summed E-state index contributed by atoms with van der Waals surface area (Å²) in [4.78, 5) is 13.8. The van der Waals surface area contributed by atoms with Gasteiger partial charge in [-0.05, 0) is 43.3 Å². The minimum Gasteiger partial charge on any atom is -0.464 e. The van der Waals surface area contributed by atoms with Crippen molar-refractivity contribution in [2.45, 2.75) is 17.8 Å². The molecular formula is C17H17FN4O2S2. The maximum absolute atomic E-state index is 12.9. The predicted octanol–water partition coefficient (Wildman–Crippen LogP) is 4.07. The highest BCUT2D eigenvalue weighted by Gasteiger charge is 2.13. The number of anilines is 2. The van der Waals surface area contributed by atoms with Gasteiger partial charge in [0.15, 0.2) is 4.34 Å². The van der Waals surface area contributed by atoms with Crippen molar-refractivity contribution in [2.24, 2.45) is 0 Å². The molecule has 3 aromatic rings. The first-order valence-corrected chi connectivity index (χ1v) is 9.58. The maximum atomic E-state index is 12.9. The number of amides is 1. The van der Waals surface area contributed by atoms with Crippen molar-refractivity contribution in [3.05, 3.63) is 53.7 Å². The number of hydrogen-bond donors (Lipinski definition) is 1. The Morgan fingerprint density at radius 1 is 1.27 bits per heavy atom. The highest BCUT2D eigenvalue weighted by molar-refractivity contribution is 8.01. The lowest BCUT2D eigenvalue weighted by Gasteiger charge is -2.14. The zero-order chi connectivity index (χ0) is 18.5. The van der Waals surface area contributed by atoms with Crippen LogP contribution in [-0.2, 0) is 11.3 Å². The first-order valence-electron chi connectivity index (χ1n) is 7.78. The molecule has 1 amide bonds. The number of carbonyl (C=O) groups is 1. The van der Waals surface area contributed by atoms with Crippen LogP contribution in [0.2, 0.25) is 0 Å². The standard InChI is InChI=1S/C17H17FN4O2S2/c1-11-3-8-14(24-11)9-22(2)15(23)10-25-17-21-20-16(26-17)19-13-6-4-12(18)5-7-13/h3-8H,9-10H2,1-2H3,(H,19,20). The van der Waals surface area contributed by atoms with Crippen molar-refractivity contribution >= 4 is 39.8 Å². The van der Waals surface area contributed by atoms with Crippen molar-refractivity contribution in [1.82, 2.24) is 15.1 Å². The van der Waals surface area contributed by atoms with Crippen molar-refractivity contribution < 1.29 is 13.6 Å². The maximum Gasteiger partial charge on any atom is 0.233 e. The molecule has 136 valence electrons. The molecule has 0 saturated heterocycles. The first-order chi connectivity index (χ1) is 12.5. The van der Waals surface area contributed by atoms with E-state index < -0.39 is 0 Å². The Labute approximate surface area is 158 Å². The van der Waals surface area contributed by atoms with Crippen LogP contribution in [-0.4, -0.2) is 33.8 Å². The molecule has 0 aliphatic carbocycles. The van der Waals surface area contributed by atoms with Gasteiger partial charge in [0, 0.05) is 12.7 Å². The molecule has 0 spiro atoms. The molecule has 0 fully saturated rings. The average Bonchev–Trinajstić information content (AvgIpc) is 3.23. The smallest absolute Gasteiger partial charge is 0.233 e. The van der Waals surface area contributed by atoms with E-state index in [2.05, 4.69) is 15.5 Å². The SMILES string of the molecule is Cc1ccc(CN(C)C(=O)CSc2nnc(Nc3ccc(F)cc3)s2)o1. The van der Waals surface area contributed by atoms with Crippen LogP contribution in [0.3, 0.4) is 0 Å². The van der Waals surface area contributed by atoms with Gasteiger partial charge in [-0.15, -0.1) is 10.2 Å². The number of nitrogens with zero attached hydrogens (tertiary/aromatic N) is 3. The number of rotatable bonds is 7.